The fourth-order valence-electron chi connectivity index (χ4n) is 4.92. The van der Waals surface area contributed by atoms with Crippen LogP contribution in [0.15, 0.2) is 47.5 Å². The second kappa shape index (κ2) is 10.9. The Hall–Kier alpha value is -3.58. The normalized spacial score (nSPS) is 21.0. The molecule has 222 valence electrons. The number of rotatable bonds is 4. The number of hydrogen-bond acceptors (Lipinski definition) is 6. The molecule has 2 atom stereocenters. The maximum Gasteiger partial charge on any atom is 0.416 e. The molecular weight excluding hydrogens is 600 g/mol. The van der Waals surface area contributed by atoms with Crippen molar-refractivity contribution in [3.63, 3.8) is 0 Å². The van der Waals surface area contributed by atoms with Crippen LogP contribution in [0, 0.1) is 0 Å². The minimum atomic E-state index is -4.74. The number of aromatic amines is 1. The van der Waals surface area contributed by atoms with E-state index in [9.17, 15) is 27.6 Å². The number of benzene rings is 2. The molecule has 0 radical (unpaired) electrons. The molecule has 14 heteroatoms. The quantitative estimate of drug-likeness (QED) is 0.252. The lowest BCUT2D eigenvalue weighted by Crippen LogP contribution is -2.45. The number of allylic oxidation sites excluding steroid dienone is 1. The summed E-state index contributed by atoms with van der Waals surface area (Å²) in [4.78, 5) is 41.2. The average molecular weight is 625 g/mol. The number of fused-ring (bicyclic) bond motifs is 1. The second-order valence-corrected chi connectivity index (χ2v) is 12.4. The lowest BCUT2D eigenvalue weighted by atomic mass is 9.93. The van der Waals surface area contributed by atoms with Crippen molar-refractivity contribution in [3.05, 3.63) is 69.2 Å². The summed E-state index contributed by atoms with van der Waals surface area (Å²) in [6, 6.07) is 6.94. The van der Waals surface area contributed by atoms with E-state index < -0.39 is 46.8 Å². The number of H-pyrrole nitrogens is 1. The molecule has 2 saturated heterocycles. The van der Waals surface area contributed by atoms with Gasteiger partial charge in [0.1, 0.15) is 11.8 Å². The lowest BCUT2D eigenvalue weighted by Gasteiger charge is -2.25. The van der Waals surface area contributed by atoms with Gasteiger partial charge in [0.25, 0.3) is 11.1 Å². The topological polar surface area (TPSA) is 95.6 Å². The number of carbonyl (C=O) groups is 3. The van der Waals surface area contributed by atoms with Gasteiger partial charge in [-0.1, -0.05) is 23.7 Å². The number of aromatic nitrogens is 2. The molecule has 2 fully saturated rings. The Labute approximate surface area is 247 Å². The van der Waals surface area contributed by atoms with Crippen LogP contribution in [-0.4, -0.2) is 68.1 Å². The summed E-state index contributed by atoms with van der Waals surface area (Å²) in [6.45, 7) is 4.29. The highest BCUT2D eigenvalue weighted by Gasteiger charge is 2.49. The predicted molar refractivity (Wildman–Crippen MR) is 149 cm³/mol. The number of imide groups is 1. The van der Waals surface area contributed by atoms with Gasteiger partial charge in [0.2, 0.25) is 0 Å². The molecule has 3 heterocycles. The van der Waals surface area contributed by atoms with Crippen LogP contribution < -0.4 is 0 Å². The standard InChI is InChI=1S/C28H25ClF4N4O4S/c1-27(2,3)41-25(39)36-12-20(30)22(13-36)37-24(38)23(42-26(37)40)18(14-5-7-21-16(8-14)11-34-35-21)9-15-4-6-17(29)10-19(15)28(31,32)33/h4-8,10-11,20,22H,9,12-13H2,1-3H3,(H,34,35). The number of halogens is 5. The summed E-state index contributed by atoms with van der Waals surface area (Å²) < 4.78 is 62.4. The van der Waals surface area contributed by atoms with E-state index in [0.29, 0.717) is 28.2 Å². The fraction of sp³-hybridized carbons (Fsp3) is 0.357. The van der Waals surface area contributed by atoms with E-state index in [1.807, 2.05) is 0 Å². The van der Waals surface area contributed by atoms with E-state index in [4.69, 9.17) is 16.3 Å². The Morgan fingerprint density at radius 1 is 1.14 bits per heavy atom. The van der Waals surface area contributed by atoms with Crippen LogP contribution in [0.3, 0.4) is 0 Å². The molecule has 2 unspecified atom stereocenters. The summed E-state index contributed by atoms with van der Waals surface area (Å²) in [5.74, 6) is -0.853. The number of amides is 3. The summed E-state index contributed by atoms with van der Waals surface area (Å²) in [7, 11) is 0. The van der Waals surface area contributed by atoms with Crippen LogP contribution >= 0.6 is 23.4 Å². The number of thioether (sulfide) groups is 1. The monoisotopic (exact) mass is 624 g/mol. The molecule has 3 amide bonds. The molecule has 0 aliphatic carbocycles. The number of ether oxygens (including phenoxy) is 1. The summed E-state index contributed by atoms with van der Waals surface area (Å²) in [6.07, 6.45) is -6.13. The van der Waals surface area contributed by atoms with Crippen LogP contribution in [0.2, 0.25) is 5.02 Å². The van der Waals surface area contributed by atoms with Crippen molar-refractivity contribution in [2.75, 3.05) is 13.1 Å². The summed E-state index contributed by atoms with van der Waals surface area (Å²) >= 11 is 6.39. The largest absolute Gasteiger partial charge is 0.444 e. The number of carbonyl (C=O) groups excluding carboxylic acids is 3. The zero-order valence-electron chi connectivity index (χ0n) is 22.6. The lowest BCUT2D eigenvalue weighted by molar-refractivity contribution is -0.138. The van der Waals surface area contributed by atoms with Crippen molar-refractivity contribution in [2.45, 2.75) is 51.2 Å². The summed E-state index contributed by atoms with van der Waals surface area (Å²) in [5, 5.41) is 6.47. The Bertz CT molecular complexity index is 1620. The fourth-order valence-corrected chi connectivity index (χ4v) is 6.08. The van der Waals surface area contributed by atoms with Gasteiger partial charge >= 0.3 is 12.3 Å². The van der Waals surface area contributed by atoms with Gasteiger partial charge in [0.05, 0.1) is 34.8 Å². The first-order valence-corrected chi connectivity index (χ1v) is 14.0. The minimum absolute atomic E-state index is 0.113. The van der Waals surface area contributed by atoms with E-state index >= 15 is 4.39 Å². The molecule has 0 saturated carbocycles. The molecule has 42 heavy (non-hydrogen) atoms. The molecule has 0 bridgehead atoms. The van der Waals surface area contributed by atoms with Crippen LogP contribution in [0.5, 0.6) is 0 Å². The number of alkyl halides is 4. The number of nitrogens with one attached hydrogen (secondary N) is 1. The SMILES string of the molecule is CC(C)(C)OC(=O)N1CC(F)C(N2C(=O)SC(=C(Cc3ccc(Cl)cc3C(F)(F)F)c3ccc4[nH]ncc4c3)C2=O)C1. The number of likely N-dealkylation sites (tertiary alicyclic amines) is 1. The zero-order valence-corrected chi connectivity index (χ0v) is 24.2. The van der Waals surface area contributed by atoms with Gasteiger partial charge < -0.3 is 9.64 Å². The molecule has 2 aliphatic heterocycles. The van der Waals surface area contributed by atoms with Crippen LogP contribution in [0.1, 0.15) is 37.5 Å². The van der Waals surface area contributed by atoms with E-state index in [0.717, 1.165) is 15.9 Å². The van der Waals surface area contributed by atoms with Gasteiger partial charge in [-0.25, -0.2) is 9.18 Å². The van der Waals surface area contributed by atoms with Crippen LogP contribution in [0.4, 0.5) is 27.2 Å². The van der Waals surface area contributed by atoms with Gasteiger partial charge in [-0.15, -0.1) is 0 Å². The molecule has 1 N–H and O–H groups in total. The van der Waals surface area contributed by atoms with E-state index in [-0.39, 0.29) is 40.6 Å². The van der Waals surface area contributed by atoms with Crippen molar-refractivity contribution in [3.8, 4) is 0 Å². The molecule has 0 spiro atoms. The van der Waals surface area contributed by atoms with Crippen molar-refractivity contribution < 1.29 is 36.7 Å². The van der Waals surface area contributed by atoms with Crippen molar-refractivity contribution in [2.24, 2.45) is 0 Å². The number of hydrogen-bond donors (Lipinski definition) is 1. The van der Waals surface area contributed by atoms with Crippen molar-refractivity contribution in [1.29, 1.82) is 0 Å². The maximum absolute atomic E-state index is 15.2. The Balaban J connectivity index is 1.55. The maximum atomic E-state index is 15.2. The highest BCUT2D eigenvalue weighted by molar-refractivity contribution is 8.18. The second-order valence-electron chi connectivity index (χ2n) is 11.0. The first-order chi connectivity index (χ1) is 19.6. The molecule has 5 rings (SSSR count). The van der Waals surface area contributed by atoms with Gasteiger partial charge in [0.15, 0.2) is 0 Å². The first-order valence-electron chi connectivity index (χ1n) is 12.8. The first kappa shape index (κ1) is 29.9. The van der Waals surface area contributed by atoms with Crippen LogP contribution in [0.25, 0.3) is 16.5 Å². The van der Waals surface area contributed by atoms with Crippen molar-refractivity contribution in [1.82, 2.24) is 20.0 Å². The van der Waals surface area contributed by atoms with Gasteiger partial charge in [0, 0.05) is 17.0 Å². The smallest absolute Gasteiger partial charge is 0.416 e. The Kier molecular flexibility index (Phi) is 7.77. The highest BCUT2D eigenvalue weighted by atomic mass is 35.5. The molecule has 2 aliphatic rings. The highest BCUT2D eigenvalue weighted by Crippen LogP contribution is 2.43. The van der Waals surface area contributed by atoms with E-state index in [1.54, 1.807) is 39.0 Å². The van der Waals surface area contributed by atoms with E-state index in [1.165, 1.54) is 18.3 Å². The third-order valence-corrected chi connectivity index (χ3v) is 8.04. The average Bonchev–Trinajstić information content (AvgIpc) is 3.58. The molecule has 2 aromatic carbocycles. The van der Waals surface area contributed by atoms with E-state index in [2.05, 4.69) is 10.2 Å². The number of nitrogens with zero attached hydrogens (tertiary/aromatic N) is 3. The Morgan fingerprint density at radius 3 is 2.57 bits per heavy atom. The molecule has 8 nitrogen and oxygen atoms in total. The van der Waals surface area contributed by atoms with Gasteiger partial charge in [-0.2, -0.15) is 18.3 Å². The molecule has 3 aromatic rings. The third kappa shape index (κ3) is 5.98. The predicted octanol–water partition coefficient (Wildman–Crippen LogP) is 6.84. The van der Waals surface area contributed by atoms with Crippen molar-refractivity contribution >= 4 is 57.1 Å². The molecule has 1 aromatic heterocycles. The summed E-state index contributed by atoms with van der Waals surface area (Å²) in [5.41, 5.74) is -0.800. The van der Waals surface area contributed by atoms with Gasteiger partial charge in [-0.05, 0) is 79.9 Å². The van der Waals surface area contributed by atoms with Crippen LogP contribution in [-0.2, 0) is 22.1 Å². The van der Waals surface area contributed by atoms with Gasteiger partial charge in [-0.3, -0.25) is 19.6 Å². The zero-order chi connectivity index (χ0) is 30.6. The third-order valence-electron chi connectivity index (χ3n) is 6.81. The molecular formula is C28H25ClF4N4O4S. The Morgan fingerprint density at radius 2 is 1.88 bits per heavy atom. The minimum Gasteiger partial charge on any atom is -0.444 e.